The SMILES string of the molecule is CCOc1ccccc1NC(=O)CSc1cccc(NC(=O)/C(=C\c2cccc(Br)c2)NC(=O)c2ccccc2)c1. The van der Waals surface area contributed by atoms with Crippen molar-refractivity contribution in [2.24, 2.45) is 0 Å². The maximum atomic E-state index is 13.3. The van der Waals surface area contributed by atoms with Gasteiger partial charge < -0.3 is 20.7 Å². The number of nitrogens with one attached hydrogen (secondary N) is 3. The van der Waals surface area contributed by atoms with Crippen LogP contribution in [0.4, 0.5) is 11.4 Å². The van der Waals surface area contributed by atoms with Crippen LogP contribution in [0.15, 0.2) is 118 Å². The Morgan fingerprint density at radius 1 is 0.854 bits per heavy atom. The number of ether oxygens (including phenoxy) is 1. The third kappa shape index (κ3) is 9.09. The molecule has 0 aliphatic heterocycles. The summed E-state index contributed by atoms with van der Waals surface area (Å²) in [5, 5.41) is 8.48. The Morgan fingerprint density at radius 2 is 1.61 bits per heavy atom. The van der Waals surface area contributed by atoms with E-state index < -0.39 is 11.8 Å². The topological polar surface area (TPSA) is 96.5 Å². The first-order valence-corrected chi connectivity index (χ1v) is 14.6. The zero-order valence-corrected chi connectivity index (χ0v) is 24.6. The molecule has 0 unspecified atom stereocenters. The molecule has 208 valence electrons. The predicted octanol–water partition coefficient (Wildman–Crippen LogP) is 6.99. The maximum absolute atomic E-state index is 13.3. The molecule has 0 saturated carbocycles. The van der Waals surface area contributed by atoms with E-state index >= 15 is 0 Å². The van der Waals surface area contributed by atoms with Crippen molar-refractivity contribution >= 4 is 62.9 Å². The summed E-state index contributed by atoms with van der Waals surface area (Å²) in [5.41, 5.74) is 2.39. The number of carbonyl (C=O) groups is 3. The van der Waals surface area contributed by atoms with E-state index in [-0.39, 0.29) is 17.4 Å². The molecule has 7 nitrogen and oxygen atoms in total. The van der Waals surface area contributed by atoms with Gasteiger partial charge in [0.25, 0.3) is 11.8 Å². The van der Waals surface area contributed by atoms with Gasteiger partial charge in [-0.3, -0.25) is 14.4 Å². The molecule has 0 atom stereocenters. The average molecular weight is 631 g/mol. The third-order valence-electron chi connectivity index (χ3n) is 5.61. The zero-order valence-electron chi connectivity index (χ0n) is 22.2. The molecule has 4 aromatic rings. The molecule has 0 spiro atoms. The minimum atomic E-state index is -0.485. The molecule has 3 amide bonds. The fourth-order valence-corrected chi connectivity index (χ4v) is 4.93. The molecule has 0 saturated heterocycles. The van der Waals surface area contributed by atoms with Crippen LogP contribution in [0.1, 0.15) is 22.8 Å². The molecule has 0 radical (unpaired) electrons. The highest BCUT2D eigenvalue weighted by Gasteiger charge is 2.16. The van der Waals surface area contributed by atoms with Crippen LogP contribution < -0.4 is 20.7 Å². The van der Waals surface area contributed by atoms with Crippen LogP contribution in [0.25, 0.3) is 6.08 Å². The normalized spacial score (nSPS) is 10.9. The van der Waals surface area contributed by atoms with E-state index in [1.807, 2.05) is 55.5 Å². The minimum Gasteiger partial charge on any atom is -0.492 e. The van der Waals surface area contributed by atoms with Gasteiger partial charge in [-0.15, -0.1) is 11.8 Å². The van der Waals surface area contributed by atoms with E-state index in [2.05, 4.69) is 31.9 Å². The Labute approximate surface area is 251 Å². The molecule has 0 aliphatic rings. The Kier molecular flexibility index (Phi) is 10.8. The van der Waals surface area contributed by atoms with Gasteiger partial charge in [-0.2, -0.15) is 0 Å². The predicted molar refractivity (Wildman–Crippen MR) is 168 cm³/mol. The van der Waals surface area contributed by atoms with E-state index in [0.29, 0.717) is 29.3 Å². The third-order valence-corrected chi connectivity index (χ3v) is 7.10. The summed E-state index contributed by atoms with van der Waals surface area (Å²) in [4.78, 5) is 39.6. The molecule has 41 heavy (non-hydrogen) atoms. The second-order valence-electron chi connectivity index (χ2n) is 8.68. The van der Waals surface area contributed by atoms with Crippen molar-refractivity contribution in [3.63, 3.8) is 0 Å². The van der Waals surface area contributed by atoms with Crippen molar-refractivity contribution < 1.29 is 19.1 Å². The van der Waals surface area contributed by atoms with E-state index in [9.17, 15) is 14.4 Å². The van der Waals surface area contributed by atoms with Crippen molar-refractivity contribution in [2.75, 3.05) is 23.0 Å². The highest BCUT2D eigenvalue weighted by Crippen LogP contribution is 2.26. The fraction of sp³-hybridized carbons (Fsp3) is 0.0938. The number of benzene rings is 4. The van der Waals surface area contributed by atoms with Gasteiger partial charge in [0.05, 0.1) is 18.0 Å². The summed E-state index contributed by atoms with van der Waals surface area (Å²) in [6, 6.07) is 30.5. The molecular weight excluding hydrogens is 602 g/mol. The second-order valence-corrected chi connectivity index (χ2v) is 10.6. The second kappa shape index (κ2) is 14.9. The van der Waals surface area contributed by atoms with Gasteiger partial charge in [-0.05, 0) is 73.2 Å². The van der Waals surface area contributed by atoms with Crippen molar-refractivity contribution in [1.82, 2.24) is 5.32 Å². The summed E-state index contributed by atoms with van der Waals surface area (Å²) in [5.74, 6) is -0.285. The van der Waals surface area contributed by atoms with E-state index in [1.54, 1.807) is 60.7 Å². The summed E-state index contributed by atoms with van der Waals surface area (Å²) in [6.45, 7) is 2.38. The zero-order chi connectivity index (χ0) is 29.0. The number of rotatable bonds is 11. The number of hydrogen-bond donors (Lipinski definition) is 3. The lowest BCUT2D eigenvalue weighted by Gasteiger charge is -2.13. The van der Waals surface area contributed by atoms with Gasteiger partial charge >= 0.3 is 0 Å². The number of amides is 3. The van der Waals surface area contributed by atoms with Gasteiger partial charge in [0, 0.05) is 20.6 Å². The molecule has 4 aromatic carbocycles. The van der Waals surface area contributed by atoms with Crippen LogP contribution in [0, 0.1) is 0 Å². The Morgan fingerprint density at radius 3 is 2.39 bits per heavy atom. The highest BCUT2D eigenvalue weighted by atomic mass is 79.9. The van der Waals surface area contributed by atoms with Crippen LogP contribution in [0.2, 0.25) is 0 Å². The van der Waals surface area contributed by atoms with Crippen molar-refractivity contribution in [3.05, 3.63) is 124 Å². The van der Waals surface area contributed by atoms with Crippen LogP contribution in [0.3, 0.4) is 0 Å². The lowest BCUT2D eigenvalue weighted by molar-refractivity contribution is -0.114. The molecule has 0 aromatic heterocycles. The number of anilines is 2. The van der Waals surface area contributed by atoms with Crippen LogP contribution in [0.5, 0.6) is 5.75 Å². The summed E-state index contributed by atoms with van der Waals surface area (Å²) in [7, 11) is 0. The number of hydrogen-bond acceptors (Lipinski definition) is 5. The standard InChI is InChI=1S/C32H28BrN3O4S/c1-2-40-29-17-7-6-16-27(29)35-30(37)21-41-26-15-9-14-25(20-26)34-32(39)28(19-22-10-8-13-24(33)18-22)36-31(38)23-11-4-3-5-12-23/h3-20H,2,21H2,1H3,(H,34,39)(H,35,37)(H,36,38)/b28-19+. The summed E-state index contributed by atoms with van der Waals surface area (Å²) in [6.07, 6.45) is 1.62. The molecular formula is C32H28BrN3O4S. The first kappa shape index (κ1) is 29.6. The Bertz CT molecular complexity index is 1560. The first-order chi connectivity index (χ1) is 19.9. The number of para-hydroxylation sites is 2. The quantitative estimate of drug-likeness (QED) is 0.123. The summed E-state index contributed by atoms with van der Waals surface area (Å²) >= 11 is 4.77. The number of thioether (sulfide) groups is 1. The molecule has 0 fully saturated rings. The van der Waals surface area contributed by atoms with E-state index in [0.717, 1.165) is 14.9 Å². The molecule has 0 bridgehead atoms. The van der Waals surface area contributed by atoms with Gasteiger partial charge in [0.1, 0.15) is 11.4 Å². The first-order valence-electron chi connectivity index (χ1n) is 12.8. The Hall–Kier alpha value is -4.34. The monoisotopic (exact) mass is 629 g/mol. The lowest BCUT2D eigenvalue weighted by Crippen LogP contribution is -2.30. The van der Waals surface area contributed by atoms with Crippen molar-refractivity contribution in [3.8, 4) is 5.75 Å². The lowest BCUT2D eigenvalue weighted by atomic mass is 10.1. The van der Waals surface area contributed by atoms with E-state index in [4.69, 9.17) is 4.74 Å². The van der Waals surface area contributed by atoms with Gasteiger partial charge in [0.15, 0.2) is 0 Å². The molecule has 4 rings (SSSR count). The van der Waals surface area contributed by atoms with Gasteiger partial charge in [0.2, 0.25) is 5.91 Å². The molecule has 0 heterocycles. The number of halogens is 1. The van der Waals surface area contributed by atoms with Crippen LogP contribution in [-0.2, 0) is 9.59 Å². The maximum Gasteiger partial charge on any atom is 0.272 e. The minimum absolute atomic E-state index is 0.0855. The van der Waals surface area contributed by atoms with Gasteiger partial charge in [-0.1, -0.05) is 64.5 Å². The molecule has 9 heteroatoms. The van der Waals surface area contributed by atoms with Crippen LogP contribution in [-0.4, -0.2) is 30.1 Å². The number of carbonyl (C=O) groups excluding carboxylic acids is 3. The van der Waals surface area contributed by atoms with E-state index in [1.165, 1.54) is 11.8 Å². The largest absolute Gasteiger partial charge is 0.492 e. The van der Waals surface area contributed by atoms with Crippen molar-refractivity contribution in [2.45, 2.75) is 11.8 Å². The smallest absolute Gasteiger partial charge is 0.272 e. The van der Waals surface area contributed by atoms with Crippen LogP contribution >= 0.6 is 27.7 Å². The fourth-order valence-electron chi connectivity index (χ4n) is 3.75. The molecule has 3 N–H and O–H groups in total. The van der Waals surface area contributed by atoms with Crippen molar-refractivity contribution in [1.29, 1.82) is 0 Å². The summed E-state index contributed by atoms with van der Waals surface area (Å²) < 4.78 is 6.41. The Balaban J connectivity index is 1.44. The van der Waals surface area contributed by atoms with Gasteiger partial charge in [-0.25, -0.2) is 0 Å². The average Bonchev–Trinajstić information content (AvgIpc) is 2.97. The highest BCUT2D eigenvalue weighted by molar-refractivity contribution is 9.10. The molecule has 0 aliphatic carbocycles.